The number of nitrogens with one attached hydrogen (secondary N) is 1. The lowest BCUT2D eigenvalue weighted by atomic mass is 10.0. The third-order valence-corrected chi connectivity index (χ3v) is 5.35. The van der Waals surface area contributed by atoms with Crippen molar-refractivity contribution in [2.75, 3.05) is 5.32 Å². The van der Waals surface area contributed by atoms with Crippen molar-refractivity contribution in [1.82, 2.24) is 4.98 Å². The lowest BCUT2D eigenvalue weighted by Crippen LogP contribution is -2.03. The summed E-state index contributed by atoms with van der Waals surface area (Å²) in [6.07, 6.45) is 0. The molecule has 0 amide bonds. The number of anilines is 2. The second-order valence-electron chi connectivity index (χ2n) is 6.43. The second-order valence-corrected chi connectivity index (χ2v) is 7.29. The summed E-state index contributed by atoms with van der Waals surface area (Å²) >= 11 is 1.21. The van der Waals surface area contributed by atoms with Crippen molar-refractivity contribution in [2.45, 2.75) is 0 Å². The predicted molar refractivity (Wildman–Crippen MR) is 111 cm³/mol. The van der Waals surface area contributed by atoms with Crippen LogP contribution in [0.4, 0.5) is 19.6 Å². The third-order valence-electron chi connectivity index (χ3n) is 4.59. The number of hydrogen-bond acceptors (Lipinski definition) is 5. The molecule has 5 rings (SSSR count). The van der Waals surface area contributed by atoms with Gasteiger partial charge in [0.2, 0.25) is 0 Å². The molecule has 1 N–H and O–H groups in total. The van der Waals surface area contributed by atoms with E-state index in [-0.39, 0.29) is 5.69 Å². The minimum absolute atomic E-state index is 0.101. The van der Waals surface area contributed by atoms with E-state index in [9.17, 15) is 13.6 Å². The van der Waals surface area contributed by atoms with Crippen LogP contribution in [-0.2, 0) is 0 Å². The summed E-state index contributed by atoms with van der Waals surface area (Å²) in [4.78, 5) is 16.9. The molecule has 0 bridgehead atoms. The van der Waals surface area contributed by atoms with E-state index in [4.69, 9.17) is 4.42 Å². The molecule has 0 atom stereocenters. The van der Waals surface area contributed by atoms with Crippen molar-refractivity contribution in [3.8, 4) is 11.3 Å². The second kappa shape index (κ2) is 6.79. The van der Waals surface area contributed by atoms with Gasteiger partial charge < -0.3 is 9.73 Å². The molecule has 0 radical (unpaired) electrons. The van der Waals surface area contributed by atoms with Crippen LogP contribution in [0, 0.1) is 11.6 Å². The Labute approximate surface area is 167 Å². The molecular weight excluding hydrogens is 394 g/mol. The molecule has 3 aromatic carbocycles. The van der Waals surface area contributed by atoms with Gasteiger partial charge in [0, 0.05) is 16.8 Å². The molecule has 0 aliphatic carbocycles. The maximum absolute atomic E-state index is 13.9. The first-order chi connectivity index (χ1) is 14.1. The zero-order chi connectivity index (χ0) is 20.0. The largest absolute Gasteiger partial charge is 0.422 e. The van der Waals surface area contributed by atoms with Crippen LogP contribution >= 0.6 is 11.3 Å². The normalized spacial score (nSPS) is 11.2. The number of rotatable bonds is 3. The smallest absolute Gasteiger partial charge is 0.345 e. The summed E-state index contributed by atoms with van der Waals surface area (Å²) in [5.41, 5.74) is 0.835. The Bertz CT molecular complexity index is 1440. The first-order valence-electron chi connectivity index (χ1n) is 8.72. The van der Waals surface area contributed by atoms with Gasteiger partial charge in [-0.3, -0.25) is 0 Å². The van der Waals surface area contributed by atoms with E-state index in [0.717, 1.165) is 28.3 Å². The summed E-state index contributed by atoms with van der Waals surface area (Å²) in [6.45, 7) is 0. The van der Waals surface area contributed by atoms with Crippen molar-refractivity contribution < 1.29 is 13.2 Å². The number of halogens is 2. The van der Waals surface area contributed by atoms with Crippen LogP contribution < -0.4 is 10.9 Å². The highest BCUT2D eigenvalue weighted by atomic mass is 32.1. The fourth-order valence-corrected chi connectivity index (χ4v) is 3.93. The maximum atomic E-state index is 13.9. The molecule has 0 unspecified atom stereocenters. The van der Waals surface area contributed by atoms with Crippen LogP contribution in [0.1, 0.15) is 0 Å². The van der Waals surface area contributed by atoms with Crippen LogP contribution in [0.15, 0.2) is 75.3 Å². The Hall–Kier alpha value is -3.58. The van der Waals surface area contributed by atoms with E-state index in [1.54, 1.807) is 17.5 Å². The van der Waals surface area contributed by atoms with Gasteiger partial charge in [0.25, 0.3) is 0 Å². The van der Waals surface area contributed by atoms with Crippen LogP contribution in [0.25, 0.3) is 33.0 Å². The molecule has 0 aliphatic rings. The Morgan fingerprint density at radius 3 is 2.69 bits per heavy atom. The molecule has 0 fully saturated rings. The molecule has 0 spiro atoms. The summed E-state index contributed by atoms with van der Waals surface area (Å²) in [7, 11) is 0. The summed E-state index contributed by atoms with van der Waals surface area (Å²) in [6, 6.07) is 16.5. The Morgan fingerprint density at radius 2 is 1.83 bits per heavy atom. The molecule has 2 aromatic heterocycles. The van der Waals surface area contributed by atoms with Gasteiger partial charge in [-0.25, -0.2) is 18.6 Å². The van der Waals surface area contributed by atoms with Gasteiger partial charge in [0.05, 0.1) is 16.9 Å². The lowest BCUT2D eigenvalue weighted by molar-refractivity contribution is 0.563. The summed E-state index contributed by atoms with van der Waals surface area (Å²) in [5.74, 6) is -1.38. The number of aromatic nitrogens is 1. The molecule has 5 aromatic rings. The SMILES string of the molecule is O=c1oc2ccc3ccccc3c2cc1-c1csc(Nc2ccc(F)cc2F)n1. The minimum atomic E-state index is -0.724. The first-order valence-corrected chi connectivity index (χ1v) is 9.60. The monoisotopic (exact) mass is 406 g/mol. The molecule has 0 saturated carbocycles. The van der Waals surface area contributed by atoms with Crippen LogP contribution in [0.2, 0.25) is 0 Å². The fraction of sp³-hybridized carbons (Fsp3) is 0. The van der Waals surface area contributed by atoms with E-state index >= 15 is 0 Å². The van der Waals surface area contributed by atoms with Crippen molar-refractivity contribution in [2.24, 2.45) is 0 Å². The first kappa shape index (κ1) is 17.5. The van der Waals surface area contributed by atoms with Crippen LogP contribution in [0.5, 0.6) is 0 Å². The van der Waals surface area contributed by atoms with Crippen molar-refractivity contribution in [3.63, 3.8) is 0 Å². The Balaban J connectivity index is 1.58. The quantitative estimate of drug-likeness (QED) is 0.291. The average molecular weight is 406 g/mol. The zero-order valence-electron chi connectivity index (χ0n) is 14.8. The molecule has 4 nitrogen and oxygen atoms in total. The fourth-order valence-electron chi connectivity index (χ4n) is 3.21. The Kier molecular flexibility index (Phi) is 4.10. The van der Waals surface area contributed by atoms with E-state index in [0.29, 0.717) is 22.0 Å². The van der Waals surface area contributed by atoms with E-state index < -0.39 is 17.3 Å². The van der Waals surface area contributed by atoms with Crippen molar-refractivity contribution >= 4 is 43.9 Å². The van der Waals surface area contributed by atoms with E-state index in [2.05, 4.69) is 10.3 Å². The van der Waals surface area contributed by atoms with Gasteiger partial charge in [-0.2, -0.15) is 0 Å². The van der Waals surface area contributed by atoms with Gasteiger partial charge in [-0.05, 0) is 35.0 Å². The molecule has 142 valence electrons. The molecule has 7 heteroatoms. The summed E-state index contributed by atoms with van der Waals surface area (Å²) in [5, 5.41) is 7.69. The molecule has 0 aliphatic heterocycles. The van der Waals surface area contributed by atoms with Gasteiger partial charge in [-0.1, -0.05) is 30.3 Å². The predicted octanol–water partition coefficient (Wildman–Crippen LogP) is 6.09. The van der Waals surface area contributed by atoms with Gasteiger partial charge in [0.1, 0.15) is 17.2 Å². The van der Waals surface area contributed by atoms with Gasteiger partial charge in [0.15, 0.2) is 5.13 Å². The minimum Gasteiger partial charge on any atom is -0.422 e. The zero-order valence-corrected chi connectivity index (χ0v) is 15.6. The van der Waals surface area contributed by atoms with E-state index in [1.807, 2.05) is 30.3 Å². The highest BCUT2D eigenvalue weighted by Gasteiger charge is 2.14. The Morgan fingerprint density at radius 1 is 0.966 bits per heavy atom. The molecular formula is C22H12F2N2O2S. The lowest BCUT2D eigenvalue weighted by Gasteiger charge is -2.05. The van der Waals surface area contributed by atoms with Crippen LogP contribution in [-0.4, -0.2) is 4.98 Å². The highest BCUT2D eigenvalue weighted by Crippen LogP contribution is 2.30. The maximum Gasteiger partial charge on any atom is 0.345 e. The van der Waals surface area contributed by atoms with E-state index in [1.165, 1.54) is 17.4 Å². The van der Waals surface area contributed by atoms with Gasteiger partial charge in [-0.15, -0.1) is 11.3 Å². The number of benzene rings is 3. The topological polar surface area (TPSA) is 55.1 Å². The van der Waals surface area contributed by atoms with Crippen molar-refractivity contribution in [3.05, 3.63) is 88.1 Å². The number of fused-ring (bicyclic) bond motifs is 3. The number of nitrogens with zero attached hydrogens (tertiary/aromatic N) is 1. The number of thiazole rings is 1. The third kappa shape index (κ3) is 3.15. The van der Waals surface area contributed by atoms with Crippen LogP contribution in [0.3, 0.4) is 0 Å². The molecule has 2 heterocycles. The van der Waals surface area contributed by atoms with Gasteiger partial charge >= 0.3 is 5.63 Å². The van der Waals surface area contributed by atoms with Crippen molar-refractivity contribution in [1.29, 1.82) is 0 Å². The number of hydrogen-bond donors (Lipinski definition) is 1. The summed E-state index contributed by atoms with van der Waals surface area (Å²) < 4.78 is 32.4. The standard InChI is InChI=1S/C22H12F2N2O2S/c23-13-6-7-18(17(24)9-13)25-22-26-19(11-29-22)16-10-15-14-4-2-1-3-12(14)5-8-20(15)28-21(16)27/h1-11H,(H,25,26). The highest BCUT2D eigenvalue weighted by molar-refractivity contribution is 7.14. The molecule has 0 saturated heterocycles. The molecule has 29 heavy (non-hydrogen) atoms. The average Bonchev–Trinajstić information content (AvgIpc) is 3.18.